The summed E-state index contributed by atoms with van der Waals surface area (Å²) in [6.07, 6.45) is 2.41. The summed E-state index contributed by atoms with van der Waals surface area (Å²) in [5, 5.41) is 0. The smallest absolute Gasteiger partial charge is 0.330 e. The summed E-state index contributed by atoms with van der Waals surface area (Å²) in [7, 11) is 0. The van der Waals surface area contributed by atoms with Crippen molar-refractivity contribution in [2.24, 2.45) is 5.73 Å². The molecule has 0 aliphatic heterocycles. The highest BCUT2D eigenvalue weighted by Crippen LogP contribution is 1.99. The Hall–Kier alpha value is -0.220. The first kappa shape index (κ1) is 9.78. The Morgan fingerprint density at radius 2 is 1.90 bits per heavy atom. The second-order valence-electron chi connectivity index (χ2n) is 1.98. The van der Waals surface area contributed by atoms with Crippen molar-refractivity contribution < 1.29 is 13.5 Å². The van der Waals surface area contributed by atoms with Crippen LogP contribution in [0.1, 0.15) is 19.3 Å². The van der Waals surface area contributed by atoms with Crippen LogP contribution in [-0.4, -0.2) is 19.8 Å². The number of ether oxygens (including phenoxy) is 1. The van der Waals surface area contributed by atoms with Crippen LogP contribution in [-0.2, 0) is 4.74 Å². The van der Waals surface area contributed by atoms with Gasteiger partial charge in [0.15, 0.2) is 0 Å². The lowest BCUT2D eigenvalue weighted by Crippen LogP contribution is -2.02. The lowest BCUT2D eigenvalue weighted by molar-refractivity contribution is -0.129. The van der Waals surface area contributed by atoms with Crippen molar-refractivity contribution in [3.8, 4) is 0 Å². The molecule has 0 aromatic heterocycles. The van der Waals surface area contributed by atoms with Gasteiger partial charge < -0.3 is 10.5 Å². The van der Waals surface area contributed by atoms with E-state index >= 15 is 0 Å². The zero-order chi connectivity index (χ0) is 7.82. The number of alkyl halides is 2. The maximum Gasteiger partial charge on any atom is 0.345 e. The van der Waals surface area contributed by atoms with Gasteiger partial charge >= 0.3 is 6.61 Å². The second-order valence-corrected chi connectivity index (χ2v) is 1.98. The summed E-state index contributed by atoms with van der Waals surface area (Å²) < 4.78 is 26.6. The molecule has 2 nitrogen and oxygen atoms in total. The fraction of sp³-hybridized carbons (Fsp3) is 1.00. The molecule has 0 aliphatic carbocycles. The summed E-state index contributed by atoms with van der Waals surface area (Å²) >= 11 is 0. The predicted molar refractivity (Wildman–Crippen MR) is 34.9 cm³/mol. The Kier molecular flexibility index (Phi) is 6.74. The van der Waals surface area contributed by atoms with Crippen molar-refractivity contribution >= 4 is 0 Å². The first-order chi connectivity index (χ1) is 4.77. The molecule has 62 valence electrons. The Morgan fingerprint density at radius 3 is 2.40 bits per heavy atom. The van der Waals surface area contributed by atoms with Gasteiger partial charge in [0, 0.05) is 0 Å². The van der Waals surface area contributed by atoms with E-state index in [2.05, 4.69) is 4.74 Å². The zero-order valence-electron chi connectivity index (χ0n) is 5.85. The van der Waals surface area contributed by atoms with Crippen LogP contribution in [0.5, 0.6) is 0 Å². The summed E-state index contributed by atoms with van der Waals surface area (Å²) in [5.74, 6) is 0. The maximum absolute atomic E-state index is 11.3. The number of nitrogens with two attached hydrogens (primary N) is 1. The van der Waals surface area contributed by atoms with Crippen LogP contribution < -0.4 is 5.73 Å². The van der Waals surface area contributed by atoms with E-state index in [-0.39, 0.29) is 6.61 Å². The lowest BCUT2D eigenvalue weighted by Gasteiger charge is -2.00. The van der Waals surface area contributed by atoms with Crippen molar-refractivity contribution in [2.75, 3.05) is 13.2 Å². The van der Waals surface area contributed by atoms with E-state index in [1.54, 1.807) is 0 Å². The van der Waals surface area contributed by atoms with Crippen LogP contribution in [0.4, 0.5) is 8.78 Å². The van der Waals surface area contributed by atoms with Crippen molar-refractivity contribution in [1.82, 2.24) is 0 Å². The summed E-state index contributed by atoms with van der Waals surface area (Å²) in [5.41, 5.74) is 5.18. The highest BCUT2D eigenvalue weighted by Gasteiger charge is 1.98. The first-order valence-corrected chi connectivity index (χ1v) is 3.37. The zero-order valence-corrected chi connectivity index (χ0v) is 5.85. The number of halogens is 2. The van der Waals surface area contributed by atoms with Gasteiger partial charge in [-0.1, -0.05) is 0 Å². The predicted octanol–water partition coefficient (Wildman–Crippen LogP) is 1.35. The Bertz CT molecular complexity index is 70.8. The van der Waals surface area contributed by atoms with Crippen molar-refractivity contribution in [3.05, 3.63) is 0 Å². The largest absolute Gasteiger partial charge is 0.345 e. The molecule has 0 heterocycles. The fourth-order valence-corrected chi connectivity index (χ4v) is 0.596. The molecule has 0 fully saturated rings. The molecule has 0 aromatic rings. The highest BCUT2D eigenvalue weighted by atomic mass is 19.3. The minimum atomic E-state index is -2.63. The number of unbranched alkanes of at least 4 members (excludes halogenated alkanes) is 2. The topological polar surface area (TPSA) is 35.2 Å². The monoisotopic (exact) mass is 153 g/mol. The van der Waals surface area contributed by atoms with Gasteiger partial charge in [0.1, 0.15) is 0 Å². The quantitative estimate of drug-likeness (QED) is 0.584. The molecule has 0 amide bonds. The normalized spacial score (nSPS) is 10.8. The molecule has 10 heavy (non-hydrogen) atoms. The highest BCUT2D eigenvalue weighted by molar-refractivity contribution is 4.40. The number of hydrogen-bond acceptors (Lipinski definition) is 2. The van der Waals surface area contributed by atoms with E-state index in [4.69, 9.17) is 5.73 Å². The number of hydrogen-bond donors (Lipinski definition) is 1. The first-order valence-electron chi connectivity index (χ1n) is 3.37. The molecule has 4 heteroatoms. The van der Waals surface area contributed by atoms with Gasteiger partial charge in [0.2, 0.25) is 0 Å². The average molecular weight is 153 g/mol. The second kappa shape index (κ2) is 6.89. The van der Waals surface area contributed by atoms with Crippen molar-refractivity contribution in [2.45, 2.75) is 25.9 Å². The molecule has 0 unspecified atom stereocenters. The number of rotatable bonds is 6. The van der Waals surface area contributed by atoms with E-state index < -0.39 is 6.61 Å². The van der Waals surface area contributed by atoms with E-state index in [1.165, 1.54) is 0 Å². The van der Waals surface area contributed by atoms with Gasteiger partial charge in [-0.05, 0) is 25.8 Å². The van der Waals surface area contributed by atoms with E-state index in [9.17, 15) is 8.78 Å². The Balaban J connectivity index is 2.77. The molecular weight excluding hydrogens is 140 g/mol. The molecule has 0 spiro atoms. The third kappa shape index (κ3) is 7.78. The molecule has 0 aliphatic rings. The molecule has 0 bridgehead atoms. The van der Waals surface area contributed by atoms with E-state index in [0.29, 0.717) is 13.0 Å². The Labute approximate surface area is 59.3 Å². The molecule has 0 rings (SSSR count). The van der Waals surface area contributed by atoms with Crippen LogP contribution in [0.15, 0.2) is 0 Å². The van der Waals surface area contributed by atoms with Gasteiger partial charge in [0.05, 0.1) is 6.61 Å². The summed E-state index contributed by atoms with van der Waals surface area (Å²) in [6.45, 7) is -1.87. The van der Waals surface area contributed by atoms with E-state index in [0.717, 1.165) is 12.8 Å². The lowest BCUT2D eigenvalue weighted by atomic mass is 10.2. The molecule has 2 N–H and O–H groups in total. The average Bonchev–Trinajstić information content (AvgIpc) is 1.87. The minimum absolute atomic E-state index is 0.137. The SMILES string of the molecule is NCCCCCOC(F)F. The fourth-order valence-electron chi connectivity index (χ4n) is 0.596. The summed E-state index contributed by atoms with van der Waals surface area (Å²) in [4.78, 5) is 0. The van der Waals surface area contributed by atoms with Gasteiger partial charge in [-0.2, -0.15) is 8.78 Å². The van der Waals surface area contributed by atoms with Crippen molar-refractivity contribution in [1.29, 1.82) is 0 Å². The molecular formula is C6H13F2NO. The van der Waals surface area contributed by atoms with Crippen molar-refractivity contribution in [3.63, 3.8) is 0 Å². The molecule has 0 atom stereocenters. The minimum Gasteiger partial charge on any atom is -0.330 e. The molecule has 0 aromatic carbocycles. The van der Waals surface area contributed by atoms with Gasteiger partial charge in [0.25, 0.3) is 0 Å². The van der Waals surface area contributed by atoms with Gasteiger partial charge in [-0.3, -0.25) is 0 Å². The Morgan fingerprint density at radius 1 is 1.20 bits per heavy atom. The van der Waals surface area contributed by atoms with E-state index in [1.807, 2.05) is 0 Å². The molecule has 0 radical (unpaired) electrons. The third-order valence-electron chi connectivity index (χ3n) is 1.09. The molecule has 0 saturated carbocycles. The van der Waals surface area contributed by atoms with Crippen LogP contribution in [0, 0.1) is 0 Å². The van der Waals surface area contributed by atoms with Gasteiger partial charge in [-0.15, -0.1) is 0 Å². The maximum atomic E-state index is 11.3. The van der Waals surface area contributed by atoms with Crippen LogP contribution in [0.2, 0.25) is 0 Å². The van der Waals surface area contributed by atoms with Gasteiger partial charge in [-0.25, -0.2) is 0 Å². The van der Waals surface area contributed by atoms with Crippen LogP contribution >= 0.6 is 0 Å². The molecule has 0 saturated heterocycles. The van der Waals surface area contributed by atoms with Crippen LogP contribution in [0.25, 0.3) is 0 Å². The summed E-state index contributed by atoms with van der Waals surface area (Å²) in [6, 6.07) is 0. The third-order valence-corrected chi connectivity index (χ3v) is 1.09. The van der Waals surface area contributed by atoms with Crippen LogP contribution in [0.3, 0.4) is 0 Å². The standard InChI is InChI=1S/C6H13F2NO/c7-6(8)10-5-3-1-2-4-9/h6H,1-5,9H2.